The van der Waals surface area contributed by atoms with E-state index in [1.165, 1.54) is 0 Å². The van der Waals surface area contributed by atoms with Gasteiger partial charge < -0.3 is 9.73 Å². The molecular weight excluding hydrogens is 214 g/mol. The van der Waals surface area contributed by atoms with E-state index in [9.17, 15) is 4.79 Å². The Labute approximate surface area is 98.0 Å². The molecule has 3 rings (SSSR count). The summed E-state index contributed by atoms with van der Waals surface area (Å²) in [5.41, 5.74) is 2.75. The lowest BCUT2D eigenvalue weighted by atomic mass is 10.1. The Morgan fingerprint density at radius 1 is 1.06 bits per heavy atom. The van der Waals surface area contributed by atoms with Gasteiger partial charge in [0.25, 0.3) is 0 Å². The molecule has 0 aliphatic rings. The summed E-state index contributed by atoms with van der Waals surface area (Å²) in [6.07, 6.45) is 1.69. The number of furan rings is 1. The van der Waals surface area contributed by atoms with E-state index in [4.69, 9.17) is 4.42 Å². The third-order valence-electron chi connectivity index (χ3n) is 2.84. The SMILES string of the molecule is O=[C]NCc1cccc2oc3ccccc3c12. The lowest BCUT2D eigenvalue weighted by molar-refractivity contribution is 0.542. The maximum Gasteiger partial charge on any atom is 0.309 e. The number of carbonyl (C=O) groups excluding carboxylic acids is 1. The highest BCUT2D eigenvalue weighted by atomic mass is 16.3. The molecule has 3 heteroatoms. The first-order valence-corrected chi connectivity index (χ1v) is 5.39. The number of benzene rings is 2. The summed E-state index contributed by atoms with van der Waals surface area (Å²) >= 11 is 0. The topological polar surface area (TPSA) is 42.2 Å². The van der Waals surface area contributed by atoms with Gasteiger partial charge in [0, 0.05) is 17.3 Å². The first kappa shape index (κ1) is 9.90. The highest BCUT2D eigenvalue weighted by Crippen LogP contribution is 2.30. The van der Waals surface area contributed by atoms with Gasteiger partial charge in [-0.25, -0.2) is 0 Å². The molecule has 1 amide bonds. The van der Waals surface area contributed by atoms with Crippen molar-refractivity contribution in [3.63, 3.8) is 0 Å². The molecule has 83 valence electrons. The normalized spacial score (nSPS) is 10.8. The number of para-hydroxylation sites is 1. The summed E-state index contributed by atoms with van der Waals surface area (Å²) in [6.45, 7) is 0.463. The molecule has 0 aliphatic carbocycles. The zero-order valence-electron chi connectivity index (χ0n) is 9.07. The summed E-state index contributed by atoms with van der Waals surface area (Å²) in [5, 5.41) is 4.70. The Balaban J connectivity index is 2.31. The maximum absolute atomic E-state index is 10.3. The highest BCUT2D eigenvalue weighted by molar-refractivity contribution is 6.06. The molecule has 17 heavy (non-hydrogen) atoms. The van der Waals surface area contributed by atoms with Crippen LogP contribution in [0.1, 0.15) is 5.56 Å². The van der Waals surface area contributed by atoms with Gasteiger partial charge in [-0.05, 0) is 17.7 Å². The van der Waals surface area contributed by atoms with Crippen molar-refractivity contribution in [3.8, 4) is 0 Å². The summed E-state index contributed by atoms with van der Waals surface area (Å²) in [4.78, 5) is 10.3. The fourth-order valence-electron chi connectivity index (χ4n) is 2.13. The number of nitrogens with one attached hydrogen (secondary N) is 1. The van der Waals surface area contributed by atoms with Crippen LogP contribution < -0.4 is 5.32 Å². The second-order valence-corrected chi connectivity index (χ2v) is 3.84. The Morgan fingerprint density at radius 2 is 1.88 bits per heavy atom. The first-order chi connectivity index (χ1) is 8.40. The Bertz CT molecular complexity index is 685. The van der Waals surface area contributed by atoms with Crippen LogP contribution in [0.4, 0.5) is 0 Å². The van der Waals surface area contributed by atoms with Crippen LogP contribution >= 0.6 is 0 Å². The lowest BCUT2D eigenvalue weighted by Gasteiger charge is -2.00. The molecule has 0 aliphatic heterocycles. The highest BCUT2D eigenvalue weighted by Gasteiger charge is 2.09. The lowest BCUT2D eigenvalue weighted by Crippen LogP contribution is -2.09. The van der Waals surface area contributed by atoms with Gasteiger partial charge in [0.15, 0.2) is 0 Å². The maximum atomic E-state index is 10.3. The van der Waals surface area contributed by atoms with Gasteiger partial charge in [-0.3, -0.25) is 4.79 Å². The standard InChI is InChI=1S/C14H10NO2/c16-9-15-8-10-4-3-7-13-14(10)11-5-1-2-6-12(11)17-13/h1-7H,8H2,(H,15,16). The summed E-state index contributed by atoms with van der Waals surface area (Å²) in [5.74, 6) is 0. The minimum atomic E-state index is 0.463. The van der Waals surface area contributed by atoms with Crippen LogP contribution in [0.3, 0.4) is 0 Å². The monoisotopic (exact) mass is 224 g/mol. The smallest absolute Gasteiger partial charge is 0.309 e. The third kappa shape index (κ3) is 1.56. The Morgan fingerprint density at radius 3 is 2.76 bits per heavy atom. The van der Waals surface area contributed by atoms with Crippen LogP contribution in [0.25, 0.3) is 21.9 Å². The molecule has 1 radical (unpaired) electrons. The zero-order chi connectivity index (χ0) is 11.7. The van der Waals surface area contributed by atoms with Crippen LogP contribution in [-0.2, 0) is 11.3 Å². The van der Waals surface area contributed by atoms with Gasteiger partial charge >= 0.3 is 6.41 Å². The minimum absolute atomic E-state index is 0.463. The van der Waals surface area contributed by atoms with Crippen LogP contribution in [0.15, 0.2) is 46.9 Å². The predicted octanol–water partition coefficient (Wildman–Crippen LogP) is 2.74. The fraction of sp³-hybridized carbons (Fsp3) is 0.0714. The van der Waals surface area contributed by atoms with Crippen LogP contribution in [0.2, 0.25) is 0 Å². The zero-order valence-corrected chi connectivity index (χ0v) is 9.07. The Hall–Kier alpha value is -2.29. The summed E-state index contributed by atoms with van der Waals surface area (Å²) in [7, 11) is 0. The van der Waals surface area contributed by atoms with E-state index < -0.39 is 0 Å². The molecule has 3 aromatic rings. The molecule has 1 heterocycles. The van der Waals surface area contributed by atoms with Crippen molar-refractivity contribution in [1.82, 2.24) is 5.32 Å². The number of hydrogen-bond acceptors (Lipinski definition) is 2. The minimum Gasteiger partial charge on any atom is -0.456 e. The van der Waals surface area contributed by atoms with Crippen LogP contribution in [0.5, 0.6) is 0 Å². The van der Waals surface area contributed by atoms with E-state index in [1.54, 1.807) is 6.41 Å². The van der Waals surface area contributed by atoms with Crippen molar-refractivity contribution in [2.75, 3.05) is 0 Å². The van der Waals surface area contributed by atoms with E-state index in [0.29, 0.717) is 6.54 Å². The van der Waals surface area contributed by atoms with Gasteiger partial charge in [0.05, 0.1) is 0 Å². The molecule has 0 unspecified atom stereocenters. The predicted molar refractivity (Wildman–Crippen MR) is 66.3 cm³/mol. The molecule has 0 spiro atoms. The van der Waals surface area contributed by atoms with Crippen molar-refractivity contribution in [3.05, 3.63) is 48.0 Å². The molecule has 0 bridgehead atoms. The molecule has 3 nitrogen and oxygen atoms in total. The molecular formula is C14H10NO2. The van der Waals surface area contributed by atoms with E-state index in [2.05, 4.69) is 5.32 Å². The third-order valence-corrected chi connectivity index (χ3v) is 2.84. The largest absolute Gasteiger partial charge is 0.456 e. The van der Waals surface area contributed by atoms with E-state index in [0.717, 1.165) is 27.5 Å². The van der Waals surface area contributed by atoms with Gasteiger partial charge in [0.2, 0.25) is 0 Å². The second kappa shape index (κ2) is 3.94. The average molecular weight is 224 g/mol. The molecule has 0 saturated carbocycles. The van der Waals surface area contributed by atoms with Crippen LogP contribution in [0, 0.1) is 0 Å². The van der Waals surface area contributed by atoms with Gasteiger partial charge in [-0.2, -0.15) is 0 Å². The van der Waals surface area contributed by atoms with Crippen molar-refractivity contribution in [2.45, 2.75) is 6.54 Å². The van der Waals surface area contributed by atoms with E-state index in [-0.39, 0.29) is 0 Å². The van der Waals surface area contributed by atoms with Gasteiger partial charge in [-0.1, -0.05) is 30.3 Å². The van der Waals surface area contributed by atoms with Crippen LogP contribution in [-0.4, -0.2) is 6.41 Å². The number of fused-ring (bicyclic) bond motifs is 3. The quantitative estimate of drug-likeness (QED) is 0.695. The van der Waals surface area contributed by atoms with Gasteiger partial charge in [0.1, 0.15) is 11.2 Å². The van der Waals surface area contributed by atoms with Crippen molar-refractivity contribution < 1.29 is 9.21 Å². The molecule has 1 N–H and O–H groups in total. The first-order valence-electron chi connectivity index (χ1n) is 5.39. The van der Waals surface area contributed by atoms with Crippen molar-refractivity contribution >= 4 is 28.3 Å². The molecule has 0 fully saturated rings. The number of hydrogen-bond donors (Lipinski definition) is 1. The molecule has 1 aromatic heterocycles. The second-order valence-electron chi connectivity index (χ2n) is 3.84. The fourth-order valence-corrected chi connectivity index (χ4v) is 2.13. The summed E-state index contributed by atoms with van der Waals surface area (Å²) < 4.78 is 5.75. The van der Waals surface area contributed by atoms with Gasteiger partial charge in [-0.15, -0.1) is 0 Å². The summed E-state index contributed by atoms with van der Waals surface area (Å²) in [6, 6.07) is 13.7. The van der Waals surface area contributed by atoms with Crippen molar-refractivity contribution in [2.24, 2.45) is 0 Å². The van der Waals surface area contributed by atoms with Crippen molar-refractivity contribution in [1.29, 1.82) is 0 Å². The molecule has 2 aromatic carbocycles. The average Bonchev–Trinajstić information content (AvgIpc) is 2.75. The number of rotatable bonds is 3. The van der Waals surface area contributed by atoms with E-state index >= 15 is 0 Å². The Kier molecular flexibility index (Phi) is 2.29. The molecule has 0 saturated heterocycles. The number of amides is 1. The van der Waals surface area contributed by atoms with E-state index in [1.807, 2.05) is 42.5 Å². The molecule has 0 atom stereocenters.